The van der Waals surface area contributed by atoms with E-state index in [-0.39, 0.29) is 0 Å². The monoisotopic (exact) mass is 209 g/mol. The van der Waals surface area contributed by atoms with E-state index >= 15 is 0 Å². The molecule has 76 valence electrons. The van der Waals surface area contributed by atoms with Crippen LogP contribution in [0.3, 0.4) is 0 Å². The summed E-state index contributed by atoms with van der Waals surface area (Å²) in [5, 5.41) is 10.3. The van der Waals surface area contributed by atoms with Crippen LogP contribution < -0.4 is 10.4 Å². The zero-order chi connectivity index (χ0) is 11.4. The van der Waals surface area contributed by atoms with Gasteiger partial charge in [0.2, 0.25) is 0 Å². The van der Waals surface area contributed by atoms with E-state index in [0.717, 1.165) is 5.22 Å². The molecule has 0 aliphatic carbocycles. The highest BCUT2D eigenvalue weighted by atomic mass is 16.7. The van der Waals surface area contributed by atoms with Crippen molar-refractivity contribution in [3.05, 3.63) is 47.2 Å². The Morgan fingerprint density at radius 1 is 1.12 bits per heavy atom. The van der Waals surface area contributed by atoms with Crippen LogP contribution in [0.15, 0.2) is 36.8 Å². The molecule has 0 atom stereocenters. The third kappa shape index (κ3) is 1.75. The second kappa shape index (κ2) is 4.25. The van der Waals surface area contributed by atoms with E-state index in [1.807, 2.05) is 6.07 Å². The van der Waals surface area contributed by atoms with Crippen molar-refractivity contribution in [2.24, 2.45) is 0 Å². The number of hydrogen-bond acceptors (Lipinski definition) is 3. The Labute approximate surface area is 92.5 Å². The minimum absolute atomic E-state index is 0.308. The average molecular weight is 209 g/mol. The first kappa shape index (κ1) is 9.89. The van der Waals surface area contributed by atoms with E-state index in [4.69, 9.17) is 21.2 Å². The number of benzene rings is 1. The van der Waals surface area contributed by atoms with Gasteiger partial charge in [-0.3, -0.25) is 0 Å². The van der Waals surface area contributed by atoms with Gasteiger partial charge in [0.05, 0.1) is 5.22 Å². The zero-order valence-electron chi connectivity index (χ0n) is 8.31. The van der Waals surface area contributed by atoms with Crippen molar-refractivity contribution in [1.82, 2.24) is 0 Å². The quantitative estimate of drug-likeness (QED) is 0.587. The molecular formula is C13H7NO2. The van der Waals surface area contributed by atoms with E-state index in [1.54, 1.807) is 24.3 Å². The maximum absolute atomic E-state index is 8.77. The van der Waals surface area contributed by atoms with Crippen LogP contribution in [0.5, 0.6) is 0 Å². The summed E-state index contributed by atoms with van der Waals surface area (Å²) >= 11 is 0. The van der Waals surface area contributed by atoms with Crippen LogP contribution in [0.25, 0.3) is 11.5 Å². The summed E-state index contributed by atoms with van der Waals surface area (Å²) in [7, 11) is 0. The fourth-order valence-corrected chi connectivity index (χ4v) is 1.30. The van der Waals surface area contributed by atoms with Gasteiger partial charge < -0.3 is 9.47 Å². The summed E-state index contributed by atoms with van der Waals surface area (Å²) in [6, 6.07) is 9.04. The molecule has 0 aromatic heterocycles. The van der Waals surface area contributed by atoms with Crippen molar-refractivity contribution in [2.45, 2.75) is 0 Å². The van der Waals surface area contributed by atoms with Crippen molar-refractivity contribution >= 4 is 11.5 Å². The van der Waals surface area contributed by atoms with Gasteiger partial charge in [0.15, 0.2) is 0 Å². The predicted octanol–water partition coefficient (Wildman–Crippen LogP) is 0.578. The summed E-state index contributed by atoms with van der Waals surface area (Å²) < 4.78 is 10.2. The molecule has 0 unspecified atom stereocenters. The molecule has 0 saturated carbocycles. The Balaban J connectivity index is 2.54. The van der Waals surface area contributed by atoms with E-state index in [2.05, 4.69) is 5.92 Å². The number of nitrogens with zero attached hydrogens (tertiary/aromatic N) is 1. The smallest absolute Gasteiger partial charge is 0.296 e. The molecule has 0 bridgehead atoms. The maximum atomic E-state index is 8.77. The fourth-order valence-electron chi connectivity index (χ4n) is 1.30. The van der Waals surface area contributed by atoms with E-state index in [9.17, 15) is 0 Å². The van der Waals surface area contributed by atoms with Crippen molar-refractivity contribution in [1.29, 1.82) is 5.26 Å². The first-order valence-electron chi connectivity index (χ1n) is 4.55. The van der Waals surface area contributed by atoms with E-state index in [0.29, 0.717) is 16.7 Å². The molecular weight excluding hydrogens is 202 g/mol. The molecule has 0 radical (unpaired) electrons. The first-order valence-corrected chi connectivity index (χ1v) is 4.55. The van der Waals surface area contributed by atoms with Gasteiger partial charge in [0, 0.05) is 5.22 Å². The molecule has 0 N–H and O–H groups in total. The molecule has 3 nitrogen and oxygen atoms in total. The molecule has 3 heteroatoms. The summed E-state index contributed by atoms with van der Waals surface area (Å²) in [4.78, 5) is 0. The number of nitriles is 1. The van der Waals surface area contributed by atoms with Gasteiger partial charge >= 0.3 is 0 Å². The lowest BCUT2D eigenvalue weighted by Gasteiger charge is -1.96. The van der Waals surface area contributed by atoms with Crippen LogP contribution in [0.2, 0.25) is 0 Å². The van der Waals surface area contributed by atoms with Gasteiger partial charge in [-0.25, -0.2) is 0 Å². The number of ether oxygens (including phenoxy) is 2. The normalized spacial score (nSPS) is 12.2. The van der Waals surface area contributed by atoms with Gasteiger partial charge in [0.25, 0.3) is 5.95 Å². The van der Waals surface area contributed by atoms with Gasteiger partial charge in [0.1, 0.15) is 24.2 Å². The highest BCUT2D eigenvalue weighted by molar-refractivity contribution is 5.74. The fraction of sp³-hybridized carbons (Fsp3) is 0. The SMILES string of the molecule is C#CC(C#N)=c1ccc(=C2OC=CO2)cc1. The molecule has 2 rings (SSSR count). The Morgan fingerprint density at radius 3 is 2.25 bits per heavy atom. The lowest BCUT2D eigenvalue weighted by atomic mass is 10.2. The Morgan fingerprint density at radius 2 is 1.75 bits per heavy atom. The van der Waals surface area contributed by atoms with Gasteiger partial charge in [-0.1, -0.05) is 18.1 Å². The number of hydrogen-bond donors (Lipinski definition) is 0. The second-order valence-electron chi connectivity index (χ2n) is 3.00. The Hall–Kier alpha value is -2.65. The number of terminal acetylenes is 1. The van der Waals surface area contributed by atoms with Crippen molar-refractivity contribution in [3.63, 3.8) is 0 Å². The van der Waals surface area contributed by atoms with E-state index < -0.39 is 0 Å². The molecule has 1 aromatic carbocycles. The molecule has 1 aliphatic heterocycles. The third-order valence-corrected chi connectivity index (χ3v) is 2.07. The molecule has 1 aromatic rings. The van der Waals surface area contributed by atoms with Crippen LogP contribution >= 0.6 is 0 Å². The van der Waals surface area contributed by atoms with Gasteiger partial charge in [-0.2, -0.15) is 5.26 Å². The lowest BCUT2D eigenvalue weighted by molar-refractivity contribution is 0.303. The molecule has 0 amide bonds. The summed E-state index contributed by atoms with van der Waals surface area (Å²) in [6.07, 6.45) is 8.11. The zero-order valence-corrected chi connectivity index (χ0v) is 8.31. The molecule has 16 heavy (non-hydrogen) atoms. The molecule has 0 spiro atoms. The molecule has 1 heterocycles. The van der Waals surface area contributed by atoms with Crippen molar-refractivity contribution in [3.8, 4) is 18.4 Å². The maximum Gasteiger partial charge on any atom is 0.296 e. The molecule has 0 fully saturated rings. The Bertz CT molecular complexity index is 592. The summed E-state index contributed by atoms with van der Waals surface area (Å²) in [5.41, 5.74) is 0.308. The standard InChI is InChI=1S/C13H7NO2/c1-2-10(9-14)11-3-5-12(6-4-11)13-15-7-8-16-13/h1,3-8H. The van der Waals surface area contributed by atoms with Crippen LogP contribution in [0, 0.1) is 23.7 Å². The van der Waals surface area contributed by atoms with Gasteiger partial charge in [-0.15, -0.1) is 6.42 Å². The second-order valence-corrected chi connectivity index (χ2v) is 3.00. The Kier molecular flexibility index (Phi) is 2.63. The summed E-state index contributed by atoms with van der Waals surface area (Å²) in [6.45, 7) is 0. The van der Waals surface area contributed by atoms with Gasteiger partial charge in [-0.05, 0) is 12.1 Å². The van der Waals surface area contributed by atoms with Crippen molar-refractivity contribution < 1.29 is 9.47 Å². The largest absolute Gasteiger partial charge is 0.430 e. The van der Waals surface area contributed by atoms with Crippen LogP contribution in [0.4, 0.5) is 0 Å². The van der Waals surface area contributed by atoms with Crippen LogP contribution in [0.1, 0.15) is 0 Å². The van der Waals surface area contributed by atoms with E-state index in [1.165, 1.54) is 12.5 Å². The van der Waals surface area contributed by atoms with Crippen molar-refractivity contribution in [2.75, 3.05) is 0 Å². The summed E-state index contributed by atoms with van der Waals surface area (Å²) in [5.74, 6) is 2.75. The highest BCUT2D eigenvalue weighted by Crippen LogP contribution is 2.07. The molecule has 0 saturated heterocycles. The minimum atomic E-state index is 0.308. The lowest BCUT2D eigenvalue weighted by Crippen LogP contribution is -2.12. The third-order valence-electron chi connectivity index (χ3n) is 2.07. The first-order chi connectivity index (χ1) is 7.85. The molecule has 1 aliphatic rings. The average Bonchev–Trinajstić information content (AvgIpc) is 2.85. The minimum Gasteiger partial charge on any atom is -0.430 e. The number of rotatable bonds is 0. The highest BCUT2D eigenvalue weighted by Gasteiger charge is 2.03. The topological polar surface area (TPSA) is 42.2 Å². The van der Waals surface area contributed by atoms with Crippen LogP contribution in [-0.4, -0.2) is 0 Å². The van der Waals surface area contributed by atoms with Crippen LogP contribution in [-0.2, 0) is 9.47 Å². The predicted molar refractivity (Wildman–Crippen MR) is 58.3 cm³/mol.